The molecule has 4 N–H and O–H groups in total. The van der Waals surface area contributed by atoms with E-state index in [0.29, 0.717) is 52.6 Å². The van der Waals surface area contributed by atoms with Gasteiger partial charge in [-0.1, -0.05) is 29.8 Å². The van der Waals surface area contributed by atoms with Crippen LogP contribution in [-0.2, 0) is 4.74 Å². The van der Waals surface area contributed by atoms with Crippen molar-refractivity contribution in [3.63, 3.8) is 0 Å². The maximum atomic E-state index is 13.0. The Kier molecular flexibility index (Phi) is 4.63. The molecule has 0 bridgehead atoms. The fourth-order valence-electron chi connectivity index (χ4n) is 3.36. The first-order valence-electron chi connectivity index (χ1n) is 8.87. The van der Waals surface area contributed by atoms with Gasteiger partial charge in [0.05, 0.1) is 18.9 Å². The molecule has 1 aliphatic rings. The molecule has 1 amide bonds. The number of amides is 1. The summed E-state index contributed by atoms with van der Waals surface area (Å²) < 4.78 is 5.32. The van der Waals surface area contributed by atoms with E-state index in [2.05, 4.69) is 11.1 Å². The van der Waals surface area contributed by atoms with Gasteiger partial charge in [0, 0.05) is 24.0 Å². The quantitative estimate of drug-likeness (QED) is 0.691. The number of aryl methyl sites for hydroxylation is 1. The second-order valence-electron chi connectivity index (χ2n) is 6.65. The second-order valence-corrected chi connectivity index (χ2v) is 7.65. The number of hydrogen-bond acceptors (Lipinski definition) is 7. The van der Waals surface area contributed by atoms with Gasteiger partial charge in [0.1, 0.15) is 27.2 Å². The van der Waals surface area contributed by atoms with Crippen molar-refractivity contribution in [1.82, 2.24) is 9.88 Å². The van der Waals surface area contributed by atoms with Crippen molar-refractivity contribution in [2.24, 2.45) is 0 Å². The summed E-state index contributed by atoms with van der Waals surface area (Å²) in [4.78, 5) is 20.1. The Morgan fingerprint density at radius 2 is 1.93 bits per heavy atom. The minimum absolute atomic E-state index is 0.136. The van der Waals surface area contributed by atoms with Crippen LogP contribution >= 0.6 is 11.3 Å². The van der Waals surface area contributed by atoms with E-state index in [1.54, 1.807) is 4.90 Å². The smallest absolute Gasteiger partial charge is 0.266 e. The number of hydrogen-bond donors (Lipinski definition) is 2. The number of nitriles is 1. The Balaban J connectivity index is 1.94. The SMILES string of the molecule is Cc1ccc(-c2c(C#N)c(N)nc3sc(C(=O)N4CCOCC4)c(N)c23)cc1. The highest BCUT2D eigenvalue weighted by atomic mass is 32.1. The van der Waals surface area contributed by atoms with Crippen LogP contribution in [0.25, 0.3) is 21.3 Å². The van der Waals surface area contributed by atoms with E-state index in [1.165, 1.54) is 11.3 Å². The summed E-state index contributed by atoms with van der Waals surface area (Å²) in [5, 5.41) is 10.3. The van der Waals surface area contributed by atoms with Gasteiger partial charge in [-0.3, -0.25) is 4.79 Å². The molecule has 0 saturated carbocycles. The Hall–Kier alpha value is -3.15. The molecule has 28 heavy (non-hydrogen) atoms. The maximum absolute atomic E-state index is 13.0. The number of nitrogen functional groups attached to an aromatic ring is 2. The number of aromatic nitrogens is 1. The molecule has 1 aromatic carbocycles. The minimum Gasteiger partial charge on any atom is -0.397 e. The van der Waals surface area contributed by atoms with Crippen molar-refractivity contribution >= 4 is 39.0 Å². The number of thiophene rings is 1. The zero-order valence-corrected chi connectivity index (χ0v) is 16.2. The summed E-state index contributed by atoms with van der Waals surface area (Å²) in [7, 11) is 0. The first-order valence-corrected chi connectivity index (χ1v) is 9.68. The van der Waals surface area contributed by atoms with Gasteiger partial charge in [-0.2, -0.15) is 5.26 Å². The largest absolute Gasteiger partial charge is 0.397 e. The molecule has 0 spiro atoms. The highest BCUT2D eigenvalue weighted by molar-refractivity contribution is 7.21. The molecule has 8 heteroatoms. The van der Waals surface area contributed by atoms with Gasteiger partial charge < -0.3 is 21.1 Å². The number of nitrogens with zero attached hydrogens (tertiary/aromatic N) is 3. The fourth-order valence-corrected chi connectivity index (χ4v) is 4.44. The molecule has 0 atom stereocenters. The van der Waals surface area contributed by atoms with Gasteiger partial charge in [-0.25, -0.2) is 4.98 Å². The first kappa shape index (κ1) is 18.2. The molecular weight excluding hydrogens is 374 g/mol. The summed E-state index contributed by atoms with van der Waals surface area (Å²) in [6.45, 7) is 4.06. The predicted octanol–water partition coefficient (Wildman–Crippen LogP) is 2.78. The van der Waals surface area contributed by atoms with E-state index in [1.807, 2.05) is 31.2 Å². The molecule has 1 fully saturated rings. The van der Waals surface area contributed by atoms with Crippen molar-refractivity contribution in [2.45, 2.75) is 6.92 Å². The Labute approximate surface area is 166 Å². The third-order valence-corrected chi connectivity index (χ3v) is 5.94. The monoisotopic (exact) mass is 393 g/mol. The first-order chi connectivity index (χ1) is 13.5. The molecule has 7 nitrogen and oxygen atoms in total. The average molecular weight is 393 g/mol. The van der Waals surface area contributed by atoms with E-state index in [9.17, 15) is 10.1 Å². The molecule has 142 valence electrons. The number of ether oxygens (including phenoxy) is 1. The van der Waals surface area contributed by atoms with Crippen LogP contribution in [0.2, 0.25) is 0 Å². The van der Waals surface area contributed by atoms with Crippen LogP contribution in [-0.4, -0.2) is 42.1 Å². The standard InChI is InChI=1S/C20H19N5O2S/c1-11-2-4-12(5-3-11)14-13(10-21)18(23)24-19-15(14)16(22)17(28-19)20(26)25-6-8-27-9-7-25/h2-5H,6-9,22H2,1H3,(H2,23,24). The van der Waals surface area contributed by atoms with E-state index in [0.717, 1.165) is 11.1 Å². The number of carbonyl (C=O) groups excluding carboxylic acids is 1. The number of carbonyl (C=O) groups is 1. The Morgan fingerprint density at radius 3 is 2.57 bits per heavy atom. The molecular formula is C20H19N5O2S. The number of rotatable bonds is 2. The summed E-state index contributed by atoms with van der Waals surface area (Å²) in [5.74, 6) is -0.00654. The van der Waals surface area contributed by atoms with Gasteiger partial charge >= 0.3 is 0 Å². The number of pyridine rings is 1. The van der Waals surface area contributed by atoms with Gasteiger partial charge in [-0.15, -0.1) is 11.3 Å². The minimum atomic E-state index is -0.143. The molecule has 0 radical (unpaired) electrons. The molecule has 2 aromatic heterocycles. The lowest BCUT2D eigenvalue weighted by Gasteiger charge is -2.26. The lowest BCUT2D eigenvalue weighted by molar-refractivity contribution is 0.0307. The number of benzene rings is 1. The van der Waals surface area contributed by atoms with Gasteiger partial charge in [0.25, 0.3) is 5.91 Å². The highest BCUT2D eigenvalue weighted by Gasteiger charge is 2.27. The van der Waals surface area contributed by atoms with Crippen LogP contribution in [0, 0.1) is 18.3 Å². The lowest BCUT2D eigenvalue weighted by atomic mass is 9.96. The van der Waals surface area contributed by atoms with Crippen molar-refractivity contribution < 1.29 is 9.53 Å². The fraction of sp³-hybridized carbons (Fsp3) is 0.250. The van der Waals surface area contributed by atoms with Crippen molar-refractivity contribution in [3.05, 3.63) is 40.3 Å². The summed E-state index contributed by atoms with van der Waals surface area (Å²) in [6, 6.07) is 9.91. The van der Waals surface area contributed by atoms with Gasteiger partial charge in [0.15, 0.2) is 0 Å². The van der Waals surface area contributed by atoms with Crippen LogP contribution in [0.4, 0.5) is 11.5 Å². The molecule has 4 rings (SSSR count). The topological polar surface area (TPSA) is 118 Å². The highest BCUT2D eigenvalue weighted by Crippen LogP contribution is 2.43. The van der Waals surface area contributed by atoms with Crippen LogP contribution in [0.15, 0.2) is 24.3 Å². The van der Waals surface area contributed by atoms with E-state index in [4.69, 9.17) is 16.2 Å². The van der Waals surface area contributed by atoms with Gasteiger partial charge in [0.2, 0.25) is 0 Å². The summed E-state index contributed by atoms with van der Waals surface area (Å²) in [5.41, 5.74) is 15.6. The lowest BCUT2D eigenvalue weighted by Crippen LogP contribution is -2.40. The predicted molar refractivity (Wildman–Crippen MR) is 110 cm³/mol. The van der Waals surface area contributed by atoms with Crippen LogP contribution in [0.3, 0.4) is 0 Å². The number of nitrogens with two attached hydrogens (primary N) is 2. The second kappa shape index (κ2) is 7.11. The van der Waals surface area contributed by atoms with E-state index >= 15 is 0 Å². The molecule has 0 aliphatic carbocycles. The zero-order chi connectivity index (χ0) is 19.8. The molecule has 0 unspecified atom stereocenters. The van der Waals surface area contributed by atoms with Crippen molar-refractivity contribution in [1.29, 1.82) is 5.26 Å². The van der Waals surface area contributed by atoms with Gasteiger partial charge in [-0.05, 0) is 12.5 Å². The molecule has 1 saturated heterocycles. The molecule has 3 aromatic rings. The molecule has 1 aliphatic heterocycles. The zero-order valence-electron chi connectivity index (χ0n) is 15.4. The summed E-state index contributed by atoms with van der Waals surface area (Å²) >= 11 is 1.21. The van der Waals surface area contributed by atoms with Crippen molar-refractivity contribution in [3.8, 4) is 17.2 Å². The average Bonchev–Trinajstić information content (AvgIpc) is 3.03. The van der Waals surface area contributed by atoms with Crippen molar-refractivity contribution in [2.75, 3.05) is 37.8 Å². The number of morpholine rings is 1. The normalized spacial score (nSPS) is 14.2. The van der Waals surface area contributed by atoms with E-state index < -0.39 is 0 Å². The number of anilines is 2. The number of fused-ring (bicyclic) bond motifs is 1. The summed E-state index contributed by atoms with van der Waals surface area (Å²) in [6.07, 6.45) is 0. The van der Waals surface area contributed by atoms with E-state index in [-0.39, 0.29) is 17.3 Å². The van der Waals surface area contributed by atoms with Crippen LogP contribution in [0.5, 0.6) is 0 Å². The molecule has 3 heterocycles. The maximum Gasteiger partial charge on any atom is 0.266 e. The Bertz CT molecular complexity index is 1110. The third kappa shape index (κ3) is 2.95. The Morgan fingerprint density at radius 1 is 1.25 bits per heavy atom. The van der Waals surface area contributed by atoms with Crippen LogP contribution < -0.4 is 11.5 Å². The third-order valence-electron chi connectivity index (χ3n) is 4.85. The van der Waals surface area contributed by atoms with Crippen LogP contribution in [0.1, 0.15) is 20.8 Å².